The van der Waals surface area contributed by atoms with Gasteiger partial charge in [0.15, 0.2) is 0 Å². The summed E-state index contributed by atoms with van der Waals surface area (Å²) in [6, 6.07) is 10.8. The fourth-order valence-electron chi connectivity index (χ4n) is 2.06. The Kier molecular flexibility index (Phi) is 4.56. The summed E-state index contributed by atoms with van der Waals surface area (Å²) in [6.45, 7) is 0.760. The van der Waals surface area contributed by atoms with Crippen molar-refractivity contribution in [1.82, 2.24) is 5.32 Å². The molecule has 0 aliphatic carbocycles. The summed E-state index contributed by atoms with van der Waals surface area (Å²) in [5.74, 6) is 0. The molecule has 0 bridgehead atoms. The van der Waals surface area contributed by atoms with Crippen LogP contribution in [0.25, 0.3) is 0 Å². The van der Waals surface area contributed by atoms with Gasteiger partial charge in [-0.25, -0.2) is 0 Å². The monoisotopic (exact) mass is 245 g/mol. The third-order valence-electron chi connectivity index (χ3n) is 3.07. The molecule has 1 atom stereocenters. The molecular formula is C15H19NO2. The topological polar surface area (TPSA) is 34.4 Å². The zero-order chi connectivity index (χ0) is 12.8. The first-order valence-corrected chi connectivity index (χ1v) is 6.12. The number of rotatable bonds is 6. The first-order valence-electron chi connectivity index (χ1n) is 6.12. The van der Waals surface area contributed by atoms with E-state index in [-0.39, 0.29) is 6.04 Å². The molecule has 0 spiro atoms. The lowest BCUT2D eigenvalue weighted by atomic mass is 9.99. The molecule has 1 aromatic heterocycles. The van der Waals surface area contributed by atoms with Crippen molar-refractivity contribution in [2.45, 2.75) is 12.5 Å². The van der Waals surface area contributed by atoms with E-state index in [1.807, 2.05) is 13.1 Å². The van der Waals surface area contributed by atoms with Crippen molar-refractivity contribution in [3.63, 3.8) is 0 Å². The van der Waals surface area contributed by atoms with Crippen LogP contribution in [0.15, 0.2) is 47.3 Å². The Morgan fingerprint density at radius 1 is 1.17 bits per heavy atom. The molecule has 96 valence electrons. The van der Waals surface area contributed by atoms with Gasteiger partial charge in [0, 0.05) is 12.7 Å². The molecule has 0 aliphatic rings. The van der Waals surface area contributed by atoms with Crippen LogP contribution in [0, 0.1) is 0 Å². The maximum Gasteiger partial charge on any atom is 0.0953 e. The van der Waals surface area contributed by atoms with Gasteiger partial charge in [-0.15, -0.1) is 0 Å². The number of methoxy groups -OCH3 is 1. The zero-order valence-electron chi connectivity index (χ0n) is 10.8. The summed E-state index contributed by atoms with van der Waals surface area (Å²) < 4.78 is 10.2. The molecule has 1 aromatic carbocycles. The summed E-state index contributed by atoms with van der Waals surface area (Å²) in [5.41, 5.74) is 3.67. The predicted octanol–water partition coefficient (Wildman–Crippen LogP) is 2.78. The van der Waals surface area contributed by atoms with Gasteiger partial charge in [0.2, 0.25) is 0 Å². The third kappa shape index (κ3) is 3.00. The van der Waals surface area contributed by atoms with E-state index in [0.29, 0.717) is 0 Å². The standard InChI is InChI=1S/C15H19NO2/c1-16-15(14-8-10-18-11-14)13-5-3-12(4-6-13)7-9-17-2/h3-6,8,10-11,15-16H,7,9H2,1-2H3. The van der Waals surface area contributed by atoms with Crippen molar-refractivity contribution in [1.29, 1.82) is 0 Å². The molecular weight excluding hydrogens is 226 g/mol. The van der Waals surface area contributed by atoms with E-state index in [1.54, 1.807) is 19.6 Å². The average Bonchev–Trinajstić information content (AvgIpc) is 2.93. The molecule has 0 radical (unpaired) electrons. The highest BCUT2D eigenvalue weighted by Gasteiger charge is 2.12. The predicted molar refractivity (Wildman–Crippen MR) is 71.6 cm³/mol. The largest absolute Gasteiger partial charge is 0.472 e. The molecule has 2 aromatic rings. The lowest BCUT2D eigenvalue weighted by molar-refractivity contribution is 0.202. The highest BCUT2D eigenvalue weighted by atomic mass is 16.5. The number of benzene rings is 1. The van der Waals surface area contributed by atoms with E-state index in [4.69, 9.17) is 9.15 Å². The molecule has 3 nitrogen and oxygen atoms in total. The highest BCUT2D eigenvalue weighted by Crippen LogP contribution is 2.22. The maximum absolute atomic E-state index is 5.14. The second-order valence-electron chi connectivity index (χ2n) is 4.26. The third-order valence-corrected chi connectivity index (χ3v) is 3.07. The molecule has 2 rings (SSSR count). The normalized spacial score (nSPS) is 12.6. The fourth-order valence-corrected chi connectivity index (χ4v) is 2.06. The van der Waals surface area contributed by atoms with Crippen LogP contribution < -0.4 is 5.32 Å². The van der Waals surface area contributed by atoms with Crippen molar-refractivity contribution < 1.29 is 9.15 Å². The van der Waals surface area contributed by atoms with Gasteiger partial charge in [-0.1, -0.05) is 24.3 Å². The Labute approximate surface area is 108 Å². The van der Waals surface area contributed by atoms with E-state index >= 15 is 0 Å². The molecule has 1 heterocycles. The Hall–Kier alpha value is -1.58. The SMILES string of the molecule is CNC(c1ccc(CCOC)cc1)c1ccoc1. The summed E-state index contributed by atoms with van der Waals surface area (Å²) in [7, 11) is 3.68. The maximum atomic E-state index is 5.14. The number of nitrogens with one attached hydrogen (secondary N) is 1. The van der Waals surface area contributed by atoms with Gasteiger partial charge in [-0.05, 0) is 30.7 Å². The molecule has 0 amide bonds. The van der Waals surface area contributed by atoms with Gasteiger partial charge in [0.25, 0.3) is 0 Å². The minimum absolute atomic E-state index is 0.181. The van der Waals surface area contributed by atoms with E-state index in [9.17, 15) is 0 Å². The number of hydrogen-bond donors (Lipinski definition) is 1. The quantitative estimate of drug-likeness (QED) is 0.849. The first-order chi connectivity index (χ1) is 8.85. The molecule has 0 fully saturated rings. The Morgan fingerprint density at radius 2 is 1.94 bits per heavy atom. The summed E-state index contributed by atoms with van der Waals surface area (Å²) in [6.07, 6.45) is 4.43. The van der Waals surface area contributed by atoms with E-state index < -0.39 is 0 Å². The molecule has 0 saturated heterocycles. The number of hydrogen-bond acceptors (Lipinski definition) is 3. The molecule has 0 saturated carbocycles. The van der Waals surface area contributed by atoms with Gasteiger partial charge in [0.1, 0.15) is 0 Å². The lowest BCUT2D eigenvalue weighted by Crippen LogP contribution is -2.16. The molecule has 18 heavy (non-hydrogen) atoms. The van der Waals surface area contributed by atoms with Crippen LogP contribution in [-0.2, 0) is 11.2 Å². The minimum atomic E-state index is 0.181. The summed E-state index contributed by atoms with van der Waals surface area (Å²) in [4.78, 5) is 0. The molecule has 1 unspecified atom stereocenters. The van der Waals surface area contributed by atoms with Crippen molar-refractivity contribution in [2.24, 2.45) is 0 Å². The van der Waals surface area contributed by atoms with Crippen LogP contribution in [0.1, 0.15) is 22.7 Å². The van der Waals surface area contributed by atoms with Crippen molar-refractivity contribution >= 4 is 0 Å². The number of furan rings is 1. The molecule has 1 N–H and O–H groups in total. The highest BCUT2D eigenvalue weighted by molar-refractivity contribution is 5.31. The number of ether oxygens (including phenoxy) is 1. The Bertz CT molecular complexity index is 448. The van der Waals surface area contributed by atoms with Crippen LogP contribution in [0.2, 0.25) is 0 Å². The van der Waals surface area contributed by atoms with E-state index in [2.05, 4.69) is 29.6 Å². The zero-order valence-corrected chi connectivity index (χ0v) is 10.8. The first kappa shape index (κ1) is 12.9. The van der Waals surface area contributed by atoms with Crippen molar-refractivity contribution in [3.05, 3.63) is 59.5 Å². The molecule has 0 aliphatic heterocycles. The van der Waals surface area contributed by atoms with Crippen LogP contribution in [-0.4, -0.2) is 20.8 Å². The second kappa shape index (κ2) is 6.38. The van der Waals surface area contributed by atoms with Gasteiger partial charge in [0.05, 0.1) is 25.2 Å². The average molecular weight is 245 g/mol. The minimum Gasteiger partial charge on any atom is -0.472 e. The van der Waals surface area contributed by atoms with Gasteiger partial charge < -0.3 is 14.5 Å². The van der Waals surface area contributed by atoms with Crippen LogP contribution in [0.5, 0.6) is 0 Å². The second-order valence-corrected chi connectivity index (χ2v) is 4.26. The molecule has 3 heteroatoms. The van der Waals surface area contributed by atoms with Crippen LogP contribution >= 0.6 is 0 Å². The van der Waals surface area contributed by atoms with E-state index in [0.717, 1.165) is 18.6 Å². The van der Waals surface area contributed by atoms with Crippen molar-refractivity contribution in [3.8, 4) is 0 Å². The lowest BCUT2D eigenvalue weighted by Gasteiger charge is -2.15. The summed E-state index contributed by atoms with van der Waals surface area (Å²) >= 11 is 0. The fraction of sp³-hybridized carbons (Fsp3) is 0.333. The van der Waals surface area contributed by atoms with Gasteiger partial charge in [-0.3, -0.25) is 0 Å². The van der Waals surface area contributed by atoms with Gasteiger partial charge in [-0.2, -0.15) is 0 Å². The smallest absolute Gasteiger partial charge is 0.0953 e. The van der Waals surface area contributed by atoms with Gasteiger partial charge >= 0.3 is 0 Å². The van der Waals surface area contributed by atoms with Crippen molar-refractivity contribution in [2.75, 3.05) is 20.8 Å². The Morgan fingerprint density at radius 3 is 2.50 bits per heavy atom. The van der Waals surface area contributed by atoms with Crippen LogP contribution in [0.3, 0.4) is 0 Å². The van der Waals surface area contributed by atoms with Crippen LogP contribution in [0.4, 0.5) is 0 Å². The van der Waals surface area contributed by atoms with E-state index in [1.165, 1.54) is 11.1 Å². The Balaban J connectivity index is 2.12. The summed E-state index contributed by atoms with van der Waals surface area (Å²) in [5, 5.41) is 3.30.